The molecule has 2 aromatic rings. The fourth-order valence-corrected chi connectivity index (χ4v) is 2.44. The Morgan fingerprint density at radius 3 is 3.00 bits per heavy atom. The first-order valence-corrected chi connectivity index (χ1v) is 7.50. The summed E-state index contributed by atoms with van der Waals surface area (Å²) in [5.74, 6) is 1.57. The second-order valence-corrected chi connectivity index (χ2v) is 5.64. The molecule has 116 valence electrons. The number of carbonyl (C=O) groups excluding carboxylic acids is 1. The van der Waals surface area contributed by atoms with E-state index in [0.717, 1.165) is 28.6 Å². The van der Waals surface area contributed by atoms with E-state index in [9.17, 15) is 4.79 Å². The number of hydrogen-bond donors (Lipinski definition) is 1. The van der Waals surface area contributed by atoms with Crippen molar-refractivity contribution in [1.82, 2.24) is 14.8 Å². The summed E-state index contributed by atoms with van der Waals surface area (Å²) in [6.07, 6.45) is 3.05. The molecule has 0 spiro atoms. The Morgan fingerprint density at radius 2 is 2.27 bits per heavy atom. The van der Waals surface area contributed by atoms with E-state index in [1.165, 1.54) is 12.8 Å². The van der Waals surface area contributed by atoms with E-state index in [1.807, 2.05) is 30.8 Å². The first kappa shape index (κ1) is 14.6. The van der Waals surface area contributed by atoms with Gasteiger partial charge in [0.05, 0.1) is 23.7 Å². The highest BCUT2D eigenvalue weighted by atomic mass is 16.5. The zero-order valence-corrected chi connectivity index (χ0v) is 12.9. The average Bonchev–Trinajstić information content (AvgIpc) is 3.27. The second-order valence-electron chi connectivity index (χ2n) is 5.64. The number of hydrogen-bond acceptors (Lipinski definition) is 5. The van der Waals surface area contributed by atoms with E-state index in [4.69, 9.17) is 4.74 Å². The number of nitrogens with one attached hydrogen (secondary N) is 1. The Hall–Kier alpha value is -2.37. The van der Waals surface area contributed by atoms with Crippen LogP contribution >= 0.6 is 0 Å². The minimum Gasteiger partial charge on any atom is -0.467 e. The predicted octanol–water partition coefficient (Wildman–Crippen LogP) is 2.46. The number of ether oxygens (including phenoxy) is 1. The number of rotatable bonds is 7. The van der Waals surface area contributed by atoms with Crippen LogP contribution in [0.1, 0.15) is 35.8 Å². The quantitative estimate of drug-likeness (QED) is 0.628. The van der Waals surface area contributed by atoms with Crippen LogP contribution in [0.15, 0.2) is 18.2 Å². The summed E-state index contributed by atoms with van der Waals surface area (Å²) in [4.78, 5) is 14.8. The molecule has 2 aromatic heterocycles. The highest BCUT2D eigenvalue weighted by Gasteiger charge is 2.27. The van der Waals surface area contributed by atoms with Crippen LogP contribution in [0.4, 0.5) is 11.5 Å². The minimum absolute atomic E-state index is 0.327. The molecule has 1 aliphatic rings. The number of aromatic nitrogens is 3. The van der Waals surface area contributed by atoms with Crippen LogP contribution in [-0.4, -0.2) is 27.8 Å². The monoisotopic (exact) mass is 300 g/mol. The first-order chi connectivity index (χ1) is 10.7. The predicted molar refractivity (Wildman–Crippen MR) is 83.2 cm³/mol. The summed E-state index contributed by atoms with van der Waals surface area (Å²) in [7, 11) is 1.94. The summed E-state index contributed by atoms with van der Waals surface area (Å²) in [5.41, 5.74) is 3.90. The van der Waals surface area contributed by atoms with Crippen LogP contribution in [0.2, 0.25) is 0 Å². The largest absolute Gasteiger partial charge is 0.467 e. The van der Waals surface area contributed by atoms with Gasteiger partial charge in [-0.15, -0.1) is 0 Å². The molecule has 1 N–H and O–H groups in total. The van der Waals surface area contributed by atoms with Gasteiger partial charge in [0, 0.05) is 31.1 Å². The summed E-state index contributed by atoms with van der Waals surface area (Å²) in [6.45, 7) is 2.74. The van der Waals surface area contributed by atoms with E-state index in [1.54, 1.807) is 0 Å². The van der Waals surface area contributed by atoms with E-state index >= 15 is 0 Å². The van der Waals surface area contributed by atoms with Crippen LogP contribution in [0.5, 0.6) is 0 Å². The van der Waals surface area contributed by atoms with Crippen molar-refractivity contribution in [2.24, 2.45) is 7.05 Å². The number of aryl methyl sites for hydroxylation is 2. The molecule has 22 heavy (non-hydrogen) atoms. The van der Waals surface area contributed by atoms with Crippen molar-refractivity contribution in [3.05, 3.63) is 35.3 Å². The Labute approximate surface area is 129 Å². The molecular weight excluding hydrogens is 280 g/mol. The highest BCUT2D eigenvalue weighted by molar-refractivity contribution is 5.60. The van der Waals surface area contributed by atoms with Crippen LogP contribution in [0.25, 0.3) is 0 Å². The number of carbonyl (C=O) groups is 1. The number of nitrogens with zero attached hydrogens (tertiary/aromatic N) is 3. The maximum atomic E-state index is 10.3. The van der Waals surface area contributed by atoms with Gasteiger partial charge in [-0.2, -0.15) is 5.10 Å². The summed E-state index contributed by atoms with van der Waals surface area (Å²) in [5, 5.41) is 7.95. The lowest BCUT2D eigenvalue weighted by Gasteiger charge is -2.11. The molecule has 0 atom stereocenters. The van der Waals surface area contributed by atoms with Gasteiger partial charge in [-0.05, 0) is 31.9 Å². The third-order valence-electron chi connectivity index (χ3n) is 3.80. The molecule has 2 heterocycles. The standard InChI is InChI=1S/C16H20N4O2/c1-11-3-6-13(14(17-11)7-8-22-10-21)18-16-9-15(12-4-5-12)19-20(16)2/h3,6,9-10,12,18H,4-5,7-8H2,1-2H3. The Balaban J connectivity index is 1.79. The van der Waals surface area contributed by atoms with Crippen molar-refractivity contribution in [2.75, 3.05) is 11.9 Å². The van der Waals surface area contributed by atoms with E-state index in [0.29, 0.717) is 25.4 Å². The number of anilines is 2. The maximum Gasteiger partial charge on any atom is 0.293 e. The lowest BCUT2D eigenvalue weighted by atomic mass is 10.2. The average molecular weight is 300 g/mol. The van der Waals surface area contributed by atoms with Gasteiger partial charge in [0.25, 0.3) is 6.47 Å². The van der Waals surface area contributed by atoms with Gasteiger partial charge < -0.3 is 10.1 Å². The number of pyridine rings is 1. The van der Waals surface area contributed by atoms with E-state index in [-0.39, 0.29) is 0 Å². The molecule has 0 aliphatic heterocycles. The normalized spacial score (nSPS) is 13.9. The molecule has 1 aliphatic carbocycles. The lowest BCUT2D eigenvalue weighted by molar-refractivity contribution is -0.128. The topological polar surface area (TPSA) is 69.0 Å². The van der Waals surface area contributed by atoms with Crippen molar-refractivity contribution >= 4 is 18.0 Å². The van der Waals surface area contributed by atoms with Crippen LogP contribution in [0.3, 0.4) is 0 Å². The highest BCUT2D eigenvalue weighted by Crippen LogP contribution is 2.40. The molecule has 0 unspecified atom stereocenters. The summed E-state index contributed by atoms with van der Waals surface area (Å²) >= 11 is 0. The fraction of sp³-hybridized carbons (Fsp3) is 0.438. The Morgan fingerprint density at radius 1 is 1.45 bits per heavy atom. The molecule has 1 fully saturated rings. The van der Waals surface area contributed by atoms with Gasteiger partial charge in [-0.3, -0.25) is 14.5 Å². The van der Waals surface area contributed by atoms with Crippen molar-refractivity contribution in [2.45, 2.75) is 32.1 Å². The van der Waals surface area contributed by atoms with Gasteiger partial charge in [-0.25, -0.2) is 0 Å². The zero-order valence-electron chi connectivity index (χ0n) is 12.9. The Kier molecular flexibility index (Phi) is 4.09. The van der Waals surface area contributed by atoms with Crippen molar-refractivity contribution in [1.29, 1.82) is 0 Å². The van der Waals surface area contributed by atoms with Crippen molar-refractivity contribution < 1.29 is 9.53 Å². The van der Waals surface area contributed by atoms with Gasteiger partial charge in [0.15, 0.2) is 0 Å². The SMILES string of the molecule is Cc1ccc(Nc2cc(C3CC3)nn2C)c(CCOC=O)n1. The van der Waals surface area contributed by atoms with Crippen LogP contribution in [-0.2, 0) is 23.0 Å². The molecule has 3 rings (SSSR count). The molecule has 0 aromatic carbocycles. The second kappa shape index (κ2) is 6.17. The smallest absolute Gasteiger partial charge is 0.293 e. The lowest BCUT2D eigenvalue weighted by Crippen LogP contribution is -2.06. The van der Waals surface area contributed by atoms with E-state index in [2.05, 4.69) is 21.5 Å². The first-order valence-electron chi connectivity index (χ1n) is 7.50. The molecule has 0 radical (unpaired) electrons. The van der Waals surface area contributed by atoms with Gasteiger partial charge in [0.2, 0.25) is 0 Å². The zero-order chi connectivity index (χ0) is 15.5. The third-order valence-corrected chi connectivity index (χ3v) is 3.80. The maximum absolute atomic E-state index is 10.3. The molecule has 6 nitrogen and oxygen atoms in total. The van der Waals surface area contributed by atoms with E-state index < -0.39 is 0 Å². The van der Waals surface area contributed by atoms with Gasteiger partial charge >= 0.3 is 0 Å². The van der Waals surface area contributed by atoms with Crippen LogP contribution in [0, 0.1) is 6.92 Å². The molecule has 6 heteroatoms. The van der Waals surface area contributed by atoms with Gasteiger partial charge in [0.1, 0.15) is 5.82 Å². The molecule has 1 saturated carbocycles. The third kappa shape index (κ3) is 3.27. The van der Waals surface area contributed by atoms with Gasteiger partial charge in [-0.1, -0.05) is 0 Å². The fourth-order valence-electron chi connectivity index (χ4n) is 2.44. The molecule has 0 bridgehead atoms. The van der Waals surface area contributed by atoms with Crippen LogP contribution < -0.4 is 5.32 Å². The minimum atomic E-state index is 0.327. The van der Waals surface area contributed by atoms with Crippen molar-refractivity contribution in [3.8, 4) is 0 Å². The Bertz CT molecular complexity index is 677. The molecule has 0 saturated heterocycles. The van der Waals surface area contributed by atoms with Crippen molar-refractivity contribution in [3.63, 3.8) is 0 Å². The molecular formula is C16H20N4O2. The molecule has 0 amide bonds. The summed E-state index contributed by atoms with van der Waals surface area (Å²) in [6, 6.07) is 6.07. The summed E-state index contributed by atoms with van der Waals surface area (Å²) < 4.78 is 6.64.